The van der Waals surface area contributed by atoms with E-state index in [9.17, 15) is 14.4 Å². The summed E-state index contributed by atoms with van der Waals surface area (Å²) in [5.74, 6) is 0.776. The number of rotatable bonds is 8. The number of ether oxygens (including phenoxy) is 3. The number of anilines is 2. The third-order valence-electron chi connectivity index (χ3n) is 4.37. The van der Waals surface area contributed by atoms with Gasteiger partial charge in [-0.05, 0) is 44.3 Å². The number of nitrogens with zero attached hydrogens (tertiary/aromatic N) is 1. The fourth-order valence-corrected chi connectivity index (χ4v) is 2.95. The highest BCUT2D eigenvalue weighted by molar-refractivity contribution is 6.05. The largest absolute Gasteiger partial charge is 0.497 e. The van der Waals surface area contributed by atoms with Crippen LogP contribution in [0.4, 0.5) is 11.4 Å². The molecule has 1 aliphatic heterocycles. The molecular formula is C21H23N3O6. The Labute approximate surface area is 173 Å². The van der Waals surface area contributed by atoms with E-state index in [0.29, 0.717) is 34.2 Å². The van der Waals surface area contributed by atoms with Gasteiger partial charge in [0.25, 0.3) is 0 Å². The van der Waals surface area contributed by atoms with E-state index < -0.39 is 0 Å². The number of nitrogens with one attached hydrogen (secondary N) is 2. The molecule has 0 aliphatic carbocycles. The van der Waals surface area contributed by atoms with Gasteiger partial charge in [-0.2, -0.15) is 0 Å². The Bertz CT molecular complexity index is 958. The van der Waals surface area contributed by atoms with Crippen LogP contribution in [0.1, 0.15) is 17.3 Å². The second-order valence-electron chi connectivity index (χ2n) is 6.80. The molecule has 0 saturated heterocycles. The molecule has 3 rings (SSSR count). The molecule has 9 nitrogen and oxygen atoms in total. The number of hydrogen-bond acceptors (Lipinski definition) is 7. The van der Waals surface area contributed by atoms with Gasteiger partial charge in [0.15, 0.2) is 17.3 Å². The third kappa shape index (κ3) is 5.26. The van der Waals surface area contributed by atoms with E-state index in [0.717, 1.165) is 0 Å². The lowest BCUT2D eigenvalue weighted by Gasteiger charge is -2.17. The fourth-order valence-electron chi connectivity index (χ4n) is 2.95. The van der Waals surface area contributed by atoms with Crippen LogP contribution in [-0.2, 0) is 9.59 Å². The minimum absolute atomic E-state index is 0.0140. The summed E-state index contributed by atoms with van der Waals surface area (Å²) >= 11 is 0. The maximum Gasteiger partial charge on any atom is 0.238 e. The average Bonchev–Trinajstić information content (AvgIpc) is 3.14. The summed E-state index contributed by atoms with van der Waals surface area (Å²) in [5.41, 5.74) is 1.30. The number of hydrogen-bond donors (Lipinski definition) is 2. The van der Waals surface area contributed by atoms with Crippen molar-refractivity contribution in [3.8, 4) is 17.2 Å². The molecule has 0 spiro atoms. The van der Waals surface area contributed by atoms with Crippen LogP contribution < -0.4 is 24.8 Å². The molecule has 0 aromatic heterocycles. The Morgan fingerprint density at radius 2 is 1.60 bits per heavy atom. The van der Waals surface area contributed by atoms with E-state index >= 15 is 0 Å². The van der Waals surface area contributed by atoms with Crippen molar-refractivity contribution in [1.82, 2.24) is 4.90 Å². The summed E-state index contributed by atoms with van der Waals surface area (Å²) in [4.78, 5) is 38.1. The molecule has 9 heteroatoms. The number of Topliss-reactive ketones (excluding diaryl/α,β-unsaturated/α-hetero) is 1. The summed E-state index contributed by atoms with van der Waals surface area (Å²) in [6.45, 7) is 1.45. The van der Waals surface area contributed by atoms with Gasteiger partial charge in [0.05, 0.1) is 25.9 Å². The monoisotopic (exact) mass is 413 g/mol. The van der Waals surface area contributed by atoms with Crippen LogP contribution in [0.3, 0.4) is 0 Å². The summed E-state index contributed by atoms with van der Waals surface area (Å²) in [6, 6.07) is 10.0. The zero-order valence-electron chi connectivity index (χ0n) is 17.0. The lowest BCUT2D eigenvalue weighted by atomic mass is 10.1. The van der Waals surface area contributed by atoms with Crippen LogP contribution in [0.2, 0.25) is 0 Å². The minimum atomic E-state index is -0.365. The maximum absolute atomic E-state index is 12.4. The van der Waals surface area contributed by atoms with Crippen molar-refractivity contribution in [1.29, 1.82) is 0 Å². The molecule has 0 saturated carbocycles. The van der Waals surface area contributed by atoms with Crippen molar-refractivity contribution in [2.75, 3.05) is 44.7 Å². The summed E-state index contributed by atoms with van der Waals surface area (Å²) in [6.07, 6.45) is 0. The molecule has 2 amide bonds. The number of methoxy groups -OCH3 is 1. The zero-order chi connectivity index (χ0) is 21.7. The van der Waals surface area contributed by atoms with Crippen molar-refractivity contribution in [3.63, 3.8) is 0 Å². The SMILES string of the molecule is COc1ccc(NC(=O)CN(C)CC(=O)Nc2cc3c(cc2C(C)=O)OCO3)cc1. The quantitative estimate of drug-likeness (QED) is 0.639. The van der Waals surface area contributed by atoms with E-state index in [1.54, 1.807) is 55.5 Å². The molecule has 1 heterocycles. The van der Waals surface area contributed by atoms with Gasteiger partial charge in [-0.25, -0.2) is 0 Å². The molecule has 2 aromatic carbocycles. The standard InChI is InChI=1S/C21H23N3O6/c1-13(25)16-8-18-19(30-12-29-18)9-17(16)23-21(27)11-24(2)10-20(26)22-14-4-6-15(28-3)7-5-14/h4-9H,10-12H2,1-3H3,(H,22,26)(H,23,27). The Morgan fingerprint density at radius 3 is 2.20 bits per heavy atom. The first kappa shape index (κ1) is 21.1. The normalized spacial score (nSPS) is 11.9. The van der Waals surface area contributed by atoms with Gasteiger partial charge in [0.1, 0.15) is 5.75 Å². The molecule has 158 valence electrons. The van der Waals surface area contributed by atoms with E-state index in [-0.39, 0.29) is 37.5 Å². The zero-order valence-corrected chi connectivity index (χ0v) is 17.0. The minimum Gasteiger partial charge on any atom is -0.497 e. The maximum atomic E-state index is 12.4. The topological polar surface area (TPSA) is 106 Å². The van der Waals surface area contributed by atoms with E-state index in [1.807, 2.05) is 0 Å². The van der Waals surface area contributed by atoms with Crippen molar-refractivity contribution < 1.29 is 28.6 Å². The van der Waals surface area contributed by atoms with Gasteiger partial charge in [0.2, 0.25) is 18.6 Å². The Hall–Kier alpha value is -3.59. The molecule has 0 fully saturated rings. The van der Waals surface area contributed by atoms with Crippen LogP contribution in [0, 0.1) is 0 Å². The lowest BCUT2D eigenvalue weighted by molar-refractivity contribution is -0.119. The highest BCUT2D eigenvalue weighted by Gasteiger charge is 2.21. The predicted octanol–water partition coefficient (Wildman–Crippen LogP) is 2.14. The van der Waals surface area contributed by atoms with Gasteiger partial charge in [-0.15, -0.1) is 0 Å². The van der Waals surface area contributed by atoms with Gasteiger partial charge in [0, 0.05) is 17.3 Å². The summed E-state index contributed by atoms with van der Waals surface area (Å²) in [7, 11) is 3.22. The van der Waals surface area contributed by atoms with Gasteiger partial charge >= 0.3 is 0 Å². The van der Waals surface area contributed by atoms with Crippen LogP contribution >= 0.6 is 0 Å². The van der Waals surface area contributed by atoms with Crippen LogP contribution in [0.5, 0.6) is 17.2 Å². The third-order valence-corrected chi connectivity index (χ3v) is 4.37. The summed E-state index contributed by atoms with van der Waals surface area (Å²) < 4.78 is 15.7. The first-order chi connectivity index (χ1) is 14.4. The number of carbonyl (C=O) groups is 3. The van der Waals surface area contributed by atoms with Crippen molar-refractivity contribution in [3.05, 3.63) is 42.0 Å². The van der Waals surface area contributed by atoms with Crippen molar-refractivity contribution >= 4 is 29.0 Å². The van der Waals surface area contributed by atoms with Crippen LogP contribution in [0.15, 0.2) is 36.4 Å². The number of likely N-dealkylation sites (N-methyl/N-ethyl adjacent to an activating group) is 1. The second kappa shape index (κ2) is 9.27. The summed E-state index contributed by atoms with van der Waals surface area (Å²) in [5, 5.41) is 5.46. The fraction of sp³-hybridized carbons (Fsp3) is 0.286. The molecule has 0 radical (unpaired) electrons. The Morgan fingerprint density at radius 1 is 1.00 bits per heavy atom. The molecule has 1 aliphatic rings. The molecule has 0 atom stereocenters. The molecule has 0 bridgehead atoms. The highest BCUT2D eigenvalue weighted by Crippen LogP contribution is 2.37. The van der Waals surface area contributed by atoms with Crippen molar-refractivity contribution in [2.24, 2.45) is 0 Å². The number of fused-ring (bicyclic) bond motifs is 1. The molecule has 2 aromatic rings. The number of ketones is 1. The first-order valence-corrected chi connectivity index (χ1v) is 9.22. The molecule has 30 heavy (non-hydrogen) atoms. The van der Waals surface area contributed by atoms with Gasteiger partial charge in [-0.3, -0.25) is 19.3 Å². The highest BCUT2D eigenvalue weighted by atomic mass is 16.7. The van der Waals surface area contributed by atoms with Crippen LogP contribution in [0.25, 0.3) is 0 Å². The van der Waals surface area contributed by atoms with E-state index in [1.165, 1.54) is 6.92 Å². The van der Waals surface area contributed by atoms with Crippen LogP contribution in [-0.4, -0.2) is 56.5 Å². The average molecular weight is 413 g/mol. The molecular weight excluding hydrogens is 390 g/mol. The smallest absolute Gasteiger partial charge is 0.238 e. The number of benzene rings is 2. The van der Waals surface area contributed by atoms with Gasteiger partial charge < -0.3 is 24.8 Å². The van der Waals surface area contributed by atoms with E-state index in [2.05, 4.69) is 10.6 Å². The van der Waals surface area contributed by atoms with Crippen molar-refractivity contribution in [2.45, 2.75) is 6.92 Å². The number of amides is 2. The second-order valence-corrected chi connectivity index (χ2v) is 6.80. The number of carbonyl (C=O) groups excluding carboxylic acids is 3. The predicted molar refractivity (Wildman–Crippen MR) is 110 cm³/mol. The Kier molecular flexibility index (Phi) is 6.53. The van der Waals surface area contributed by atoms with E-state index in [4.69, 9.17) is 14.2 Å². The Balaban J connectivity index is 1.55. The first-order valence-electron chi connectivity index (χ1n) is 9.22. The molecule has 2 N–H and O–H groups in total. The van der Waals surface area contributed by atoms with Gasteiger partial charge in [-0.1, -0.05) is 0 Å². The lowest BCUT2D eigenvalue weighted by Crippen LogP contribution is -2.36. The molecule has 0 unspecified atom stereocenters.